The second-order valence-corrected chi connectivity index (χ2v) is 9.87. The van der Waals surface area contributed by atoms with E-state index in [-0.39, 0.29) is 11.9 Å². The number of nitrogens with one attached hydrogen (secondary N) is 1. The molecule has 2 heterocycles. The molecule has 1 amide bonds. The lowest BCUT2D eigenvalue weighted by Crippen LogP contribution is -2.46. The number of fused-ring (bicyclic) bond motifs is 1. The van der Waals surface area contributed by atoms with Gasteiger partial charge in [-0.25, -0.2) is 0 Å². The molecular formula is C27H40N2O4. The van der Waals surface area contributed by atoms with E-state index in [1.54, 1.807) is 0 Å². The van der Waals surface area contributed by atoms with E-state index < -0.39 is 6.10 Å². The molecule has 182 valence electrons. The van der Waals surface area contributed by atoms with Gasteiger partial charge < -0.3 is 24.8 Å². The fraction of sp³-hybridized carbons (Fsp3) is 0.667. The van der Waals surface area contributed by atoms with E-state index in [1.807, 2.05) is 18.2 Å². The summed E-state index contributed by atoms with van der Waals surface area (Å²) in [5.41, 5.74) is 0.749. The first-order valence-electron chi connectivity index (χ1n) is 12.9. The molecule has 6 heteroatoms. The minimum Gasteiger partial charge on any atom is -0.486 e. The molecule has 4 rings (SSSR count). The summed E-state index contributed by atoms with van der Waals surface area (Å²) >= 11 is 0. The lowest BCUT2D eigenvalue weighted by molar-refractivity contribution is -0.123. The van der Waals surface area contributed by atoms with Gasteiger partial charge in [0.15, 0.2) is 11.5 Å². The van der Waals surface area contributed by atoms with Crippen molar-refractivity contribution in [1.82, 2.24) is 10.2 Å². The van der Waals surface area contributed by atoms with Crippen LogP contribution >= 0.6 is 0 Å². The first-order valence-corrected chi connectivity index (χ1v) is 12.9. The highest BCUT2D eigenvalue weighted by Crippen LogP contribution is 2.40. The summed E-state index contributed by atoms with van der Waals surface area (Å²) in [6.45, 7) is 7.73. The number of hydrogen-bond donors (Lipinski definition) is 2. The Morgan fingerprint density at radius 2 is 1.91 bits per heavy atom. The number of likely N-dealkylation sites (tertiary alicyclic amines) is 1. The van der Waals surface area contributed by atoms with Gasteiger partial charge in [-0.3, -0.25) is 4.79 Å². The van der Waals surface area contributed by atoms with Gasteiger partial charge in [0.2, 0.25) is 5.91 Å². The number of aliphatic hydroxyl groups excluding tert-OH is 1. The molecule has 1 aromatic carbocycles. The van der Waals surface area contributed by atoms with Crippen molar-refractivity contribution in [3.05, 3.63) is 36.4 Å². The fourth-order valence-corrected chi connectivity index (χ4v) is 5.14. The maximum atomic E-state index is 12.8. The average Bonchev–Trinajstić information content (AvgIpc) is 3.55. The highest BCUT2D eigenvalue weighted by atomic mass is 16.6. The minimum atomic E-state index is -0.794. The van der Waals surface area contributed by atoms with Gasteiger partial charge in [0, 0.05) is 13.0 Å². The first kappa shape index (κ1) is 24.1. The molecule has 2 aliphatic heterocycles. The van der Waals surface area contributed by atoms with Crippen molar-refractivity contribution in [3.63, 3.8) is 0 Å². The number of ether oxygens (including phenoxy) is 2. The number of carbonyl (C=O) groups excluding carboxylic acids is 1. The number of hydrogen-bond acceptors (Lipinski definition) is 5. The zero-order valence-electron chi connectivity index (χ0n) is 19.8. The van der Waals surface area contributed by atoms with E-state index in [4.69, 9.17) is 9.47 Å². The first-order chi connectivity index (χ1) is 16.1. The molecule has 1 unspecified atom stereocenters. The predicted molar refractivity (Wildman–Crippen MR) is 129 cm³/mol. The molecule has 3 atom stereocenters. The summed E-state index contributed by atoms with van der Waals surface area (Å²) in [5, 5.41) is 14.3. The normalized spacial score (nSPS) is 20.8. The number of benzene rings is 1. The molecule has 0 bridgehead atoms. The lowest BCUT2D eigenvalue weighted by Gasteiger charge is -2.29. The molecule has 1 aromatic rings. The Balaban J connectivity index is 1.29. The summed E-state index contributed by atoms with van der Waals surface area (Å²) in [5.74, 6) is 2.91. The molecular weight excluding hydrogens is 416 g/mol. The van der Waals surface area contributed by atoms with Gasteiger partial charge in [0.1, 0.15) is 19.3 Å². The van der Waals surface area contributed by atoms with Gasteiger partial charge in [-0.05, 0) is 81.1 Å². The van der Waals surface area contributed by atoms with Crippen LogP contribution in [0.5, 0.6) is 11.5 Å². The molecule has 0 radical (unpaired) electrons. The number of nitrogens with zero attached hydrogens (tertiary/aromatic N) is 1. The summed E-state index contributed by atoms with van der Waals surface area (Å²) in [6.07, 6.45) is 11.2. The van der Waals surface area contributed by atoms with Gasteiger partial charge in [-0.2, -0.15) is 0 Å². The molecule has 3 aliphatic rings. The smallest absolute Gasteiger partial charge is 0.220 e. The van der Waals surface area contributed by atoms with Gasteiger partial charge in [-0.1, -0.05) is 25.0 Å². The SMILES string of the molecule is C=CC(CCCCCC(=O)N[C@H](CN1CCCC1)[C@H](O)c1ccc2c(c1)OCCO2)C1CC1. The molecule has 1 saturated carbocycles. The van der Waals surface area contributed by atoms with Crippen molar-refractivity contribution in [2.24, 2.45) is 11.8 Å². The number of aliphatic hydroxyl groups is 1. The Kier molecular flexibility index (Phi) is 8.68. The molecule has 33 heavy (non-hydrogen) atoms. The Labute approximate surface area is 198 Å². The Bertz CT molecular complexity index is 788. The topological polar surface area (TPSA) is 71.0 Å². The third-order valence-electron chi connectivity index (χ3n) is 7.26. The zero-order chi connectivity index (χ0) is 23.0. The predicted octanol–water partition coefficient (Wildman–Crippen LogP) is 4.23. The lowest BCUT2D eigenvalue weighted by atomic mass is 9.96. The standard InChI is InChI=1S/C27H40N2O4/c1-2-20(21-10-11-21)8-4-3-5-9-26(30)28-23(19-29-14-6-7-15-29)27(31)22-12-13-24-25(18-22)33-17-16-32-24/h2,12-13,18,20-21,23,27,31H,1,3-11,14-17,19H2,(H,28,30)/t20?,23-,27-/m1/s1. The van der Waals surface area contributed by atoms with Crippen LogP contribution in [0.3, 0.4) is 0 Å². The Morgan fingerprint density at radius 3 is 2.64 bits per heavy atom. The average molecular weight is 457 g/mol. The summed E-state index contributed by atoms with van der Waals surface area (Å²) in [6, 6.07) is 5.22. The molecule has 2 fully saturated rings. The van der Waals surface area contributed by atoms with Crippen LogP contribution in [0.15, 0.2) is 30.9 Å². The number of rotatable bonds is 13. The maximum Gasteiger partial charge on any atom is 0.220 e. The number of allylic oxidation sites excluding steroid dienone is 1. The molecule has 0 aromatic heterocycles. The van der Waals surface area contributed by atoms with Gasteiger partial charge >= 0.3 is 0 Å². The number of unbranched alkanes of at least 4 members (excludes halogenated alkanes) is 2. The van der Waals surface area contributed by atoms with Gasteiger partial charge in [0.05, 0.1) is 6.04 Å². The second-order valence-electron chi connectivity index (χ2n) is 9.87. The van der Waals surface area contributed by atoms with Crippen LogP contribution in [-0.4, -0.2) is 54.8 Å². The molecule has 2 N–H and O–H groups in total. The van der Waals surface area contributed by atoms with Gasteiger partial charge in [-0.15, -0.1) is 6.58 Å². The summed E-state index contributed by atoms with van der Waals surface area (Å²) in [7, 11) is 0. The van der Waals surface area contributed by atoms with Crippen LogP contribution in [0, 0.1) is 11.8 Å². The highest BCUT2D eigenvalue weighted by molar-refractivity contribution is 5.76. The van der Waals surface area contributed by atoms with E-state index >= 15 is 0 Å². The second kappa shape index (κ2) is 11.9. The van der Waals surface area contributed by atoms with Crippen molar-refractivity contribution in [2.75, 3.05) is 32.8 Å². The van der Waals surface area contributed by atoms with Crippen LogP contribution in [0.25, 0.3) is 0 Å². The fourth-order valence-electron chi connectivity index (χ4n) is 5.14. The van der Waals surface area contributed by atoms with Crippen molar-refractivity contribution < 1.29 is 19.4 Å². The molecule has 1 saturated heterocycles. The summed E-state index contributed by atoms with van der Waals surface area (Å²) in [4.78, 5) is 15.1. The Hall–Kier alpha value is -2.05. The van der Waals surface area contributed by atoms with Crippen LogP contribution in [0.4, 0.5) is 0 Å². The molecule has 6 nitrogen and oxygen atoms in total. The van der Waals surface area contributed by atoms with Crippen molar-refractivity contribution in [2.45, 2.75) is 69.9 Å². The van der Waals surface area contributed by atoms with Crippen LogP contribution in [-0.2, 0) is 4.79 Å². The van der Waals surface area contributed by atoms with Crippen LogP contribution in [0.2, 0.25) is 0 Å². The van der Waals surface area contributed by atoms with Crippen molar-refractivity contribution >= 4 is 5.91 Å². The largest absolute Gasteiger partial charge is 0.486 e. The van der Waals surface area contributed by atoms with E-state index in [1.165, 1.54) is 32.1 Å². The highest BCUT2D eigenvalue weighted by Gasteiger charge is 2.29. The van der Waals surface area contributed by atoms with Gasteiger partial charge in [0.25, 0.3) is 0 Å². The Morgan fingerprint density at radius 1 is 1.15 bits per heavy atom. The van der Waals surface area contributed by atoms with E-state index in [0.717, 1.165) is 43.8 Å². The quantitative estimate of drug-likeness (QED) is 0.343. The van der Waals surface area contributed by atoms with Crippen molar-refractivity contribution in [3.8, 4) is 11.5 Å². The monoisotopic (exact) mass is 456 g/mol. The maximum absolute atomic E-state index is 12.8. The van der Waals surface area contributed by atoms with E-state index in [9.17, 15) is 9.90 Å². The third-order valence-corrected chi connectivity index (χ3v) is 7.26. The van der Waals surface area contributed by atoms with Crippen LogP contribution < -0.4 is 14.8 Å². The third kappa shape index (κ3) is 6.97. The van der Waals surface area contributed by atoms with Crippen LogP contribution in [0.1, 0.15) is 69.5 Å². The van der Waals surface area contributed by atoms with Crippen molar-refractivity contribution in [1.29, 1.82) is 0 Å². The number of amides is 1. The minimum absolute atomic E-state index is 0.0262. The summed E-state index contributed by atoms with van der Waals surface area (Å²) < 4.78 is 11.3. The molecule has 1 aliphatic carbocycles. The van der Waals surface area contributed by atoms with E-state index in [0.29, 0.717) is 43.6 Å². The van der Waals surface area contributed by atoms with E-state index in [2.05, 4.69) is 22.9 Å². The zero-order valence-corrected chi connectivity index (χ0v) is 19.8. The molecule has 0 spiro atoms. The number of carbonyl (C=O) groups is 1.